The summed E-state index contributed by atoms with van der Waals surface area (Å²) in [6.45, 7) is 2.35. The van der Waals surface area contributed by atoms with E-state index in [-0.39, 0.29) is 17.7 Å². The third kappa shape index (κ3) is 5.65. The number of hydrogen-bond acceptors (Lipinski definition) is 3. The summed E-state index contributed by atoms with van der Waals surface area (Å²) in [7, 11) is 0. The lowest BCUT2D eigenvalue weighted by molar-refractivity contribution is -0.00509. The Morgan fingerprint density at radius 1 is 0.532 bits per heavy atom. The van der Waals surface area contributed by atoms with Gasteiger partial charge in [0.2, 0.25) is 0 Å². The molecule has 2 unspecified atom stereocenters. The molecule has 3 aromatic heterocycles. The highest BCUT2D eigenvalue weighted by Gasteiger charge is 2.54. The number of nitrogens with zero attached hydrogens (tertiary/aromatic N) is 2. The predicted molar refractivity (Wildman–Crippen MR) is 319 cm³/mol. The monoisotopic (exact) mass is 994 g/mol. The van der Waals surface area contributed by atoms with Crippen molar-refractivity contribution in [3.63, 3.8) is 0 Å². The Morgan fingerprint density at radius 3 is 2.01 bits per heavy atom. The molecule has 6 saturated carbocycles. The molecule has 5 heteroatoms. The van der Waals surface area contributed by atoms with Crippen molar-refractivity contribution in [2.75, 3.05) is 4.81 Å². The summed E-state index contributed by atoms with van der Waals surface area (Å²) in [6.07, 6.45) is 16.4. The summed E-state index contributed by atoms with van der Waals surface area (Å²) in [5.74, 6) is 4.22. The zero-order valence-corrected chi connectivity index (χ0v) is 43.7. The minimum Gasteiger partial charge on any atom is -0.456 e. The minimum atomic E-state index is -0.146. The maximum atomic E-state index is 7.39. The van der Waals surface area contributed by atoms with Crippen LogP contribution in [0.2, 0.25) is 0 Å². The molecule has 6 bridgehead atoms. The van der Waals surface area contributed by atoms with Gasteiger partial charge >= 0.3 is 6.85 Å². The Hall–Kier alpha value is -7.50. The van der Waals surface area contributed by atoms with Crippen molar-refractivity contribution < 1.29 is 8.83 Å². The summed E-state index contributed by atoms with van der Waals surface area (Å²) < 4.78 is 17.1. The second kappa shape index (κ2) is 14.9. The molecule has 6 fully saturated rings. The Morgan fingerprint density at radius 2 is 1.23 bits per heavy atom. The molecule has 0 spiro atoms. The summed E-state index contributed by atoms with van der Waals surface area (Å²) in [5.41, 5.74) is 21.3. The fourth-order valence-electron chi connectivity index (χ4n) is 19.1. The first-order valence-corrected chi connectivity index (χ1v) is 29.4. The van der Waals surface area contributed by atoms with Crippen LogP contribution in [0.25, 0.3) is 104 Å². The second-order valence-corrected chi connectivity index (χ2v) is 25.8. The van der Waals surface area contributed by atoms with Crippen LogP contribution in [0.1, 0.15) is 95.1 Å². The van der Waals surface area contributed by atoms with Gasteiger partial charge in [-0.1, -0.05) is 117 Å². The van der Waals surface area contributed by atoms with Crippen LogP contribution in [0.15, 0.2) is 173 Å². The van der Waals surface area contributed by atoms with E-state index in [0.717, 1.165) is 68.1 Å². The van der Waals surface area contributed by atoms with Crippen LogP contribution in [0.3, 0.4) is 0 Å². The fraction of sp³-hybridized carbons (Fsp3) is 0.278. The lowest BCUT2D eigenvalue weighted by Crippen LogP contribution is -2.61. The molecule has 20 rings (SSSR count). The second-order valence-electron chi connectivity index (χ2n) is 25.8. The standard InChI is InChI=1S/C72H59BN2O2/c1-2-71(36-41-16-17-42(26-41)37-71)50-20-23-60-54(32-50)55-33-51(72-38-43-27-44(39-72)29-45(28-43)40-72)34-59-68(55)74(60)69-67-58(35-56-53-14-8-9-15-62(53)77-70(56)69)65-61(75(73(59)67)52-21-18-47(19-22-52)46-10-4-3-5-11-46)24-25-63-66(65)57-30-48-12-6-7-13-49(48)31-64(57)76-63/h3-15,18-25,30-35,41-45H,2,16-17,26-29,36-40H2,1H3. The van der Waals surface area contributed by atoms with Gasteiger partial charge in [0.25, 0.3) is 0 Å². The average Bonchev–Trinajstić information content (AvgIpc) is 4.44. The van der Waals surface area contributed by atoms with Crippen molar-refractivity contribution >= 4 is 106 Å². The smallest absolute Gasteiger partial charge is 0.333 e. The van der Waals surface area contributed by atoms with E-state index < -0.39 is 0 Å². The Balaban J connectivity index is 0.973. The van der Waals surface area contributed by atoms with Gasteiger partial charge in [0.15, 0.2) is 5.58 Å². The number of furan rings is 2. The molecular weight excluding hydrogens is 936 g/mol. The lowest BCUT2D eigenvalue weighted by atomic mass is 9.42. The maximum absolute atomic E-state index is 7.39. The molecule has 6 aliphatic carbocycles. The summed E-state index contributed by atoms with van der Waals surface area (Å²) in [4.78, 5) is 2.75. The van der Waals surface area contributed by atoms with Gasteiger partial charge in [-0.15, -0.1) is 0 Å². The number of anilines is 2. The molecule has 12 aromatic rings. The van der Waals surface area contributed by atoms with Gasteiger partial charge in [0.05, 0.1) is 16.7 Å². The van der Waals surface area contributed by atoms with Crippen molar-refractivity contribution in [3.05, 3.63) is 175 Å². The number of hydrogen-bond donors (Lipinski definition) is 0. The molecule has 0 saturated heterocycles. The van der Waals surface area contributed by atoms with Gasteiger partial charge in [-0.05, 0) is 221 Å². The topological polar surface area (TPSA) is 34.5 Å². The largest absolute Gasteiger partial charge is 0.456 e. The lowest BCUT2D eigenvalue weighted by Gasteiger charge is -2.57. The van der Waals surface area contributed by atoms with Crippen LogP contribution in [0, 0.1) is 29.6 Å². The Bertz CT molecular complexity index is 4510. The first kappa shape index (κ1) is 42.6. The van der Waals surface area contributed by atoms with Gasteiger partial charge in [0.1, 0.15) is 16.7 Å². The average molecular weight is 995 g/mol. The van der Waals surface area contributed by atoms with E-state index in [2.05, 4.69) is 180 Å². The fourth-order valence-corrected chi connectivity index (χ4v) is 19.1. The van der Waals surface area contributed by atoms with Crippen molar-refractivity contribution in [3.8, 4) is 27.9 Å². The van der Waals surface area contributed by atoms with Crippen LogP contribution in [-0.4, -0.2) is 11.4 Å². The third-order valence-corrected chi connectivity index (χ3v) is 21.8. The van der Waals surface area contributed by atoms with Gasteiger partial charge < -0.3 is 18.2 Å². The molecule has 5 heterocycles. The number of rotatable bonds is 5. The summed E-state index contributed by atoms with van der Waals surface area (Å²) in [6, 6.07) is 63.1. The molecule has 77 heavy (non-hydrogen) atoms. The Labute approximate surface area is 448 Å². The highest BCUT2D eigenvalue weighted by Crippen LogP contribution is 2.62. The van der Waals surface area contributed by atoms with Crippen LogP contribution in [0.5, 0.6) is 0 Å². The van der Waals surface area contributed by atoms with E-state index in [1.54, 1.807) is 11.1 Å². The number of para-hydroxylation sites is 1. The van der Waals surface area contributed by atoms with Crippen molar-refractivity contribution in [1.82, 2.24) is 4.57 Å². The van der Waals surface area contributed by atoms with E-state index in [4.69, 9.17) is 8.83 Å². The first-order chi connectivity index (χ1) is 37.9. The summed E-state index contributed by atoms with van der Waals surface area (Å²) in [5, 5.41) is 9.91. The molecule has 0 amide bonds. The highest BCUT2D eigenvalue weighted by molar-refractivity contribution is 6.94. The van der Waals surface area contributed by atoms with Crippen LogP contribution in [-0.2, 0) is 10.8 Å². The minimum absolute atomic E-state index is 0.146. The molecular formula is C72H59BN2O2. The SMILES string of the molecule is CCC1(c2ccc3c(c2)c2cc(C45CC6CC(CC(C6)C4)C5)cc4c2n3-c2c3c(cc5c2oc2ccccc25)-c2c(ccc5oc6cc7ccccc7cc6c25)N(c2ccc(-c5ccccc5)cc2)B34)CC2CCC(C2)C1. The van der Waals surface area contributed by atoms with E-state index in [0.29, 0.717) is 0 Å². The van der Waals surface area contributed by atoms with E-state index in [1.165, 1.54) is 165 Å². The number of fused-ring (bicyclic) bond motifs is 18. The normalized spacial score (nSPS) is 25.6. The van der Waals surface area contributed by atoms with Crippen molar-refractivity contribution in [1.29, 1.82) is 0 Å². The molecule has 372 valence electrons. The zero-order chi connectivity index (χ0) is 50.0. The van der Waals surface area contributed by atoms with E-state index in [9.17, 15) is 0 Å². The molecule has 4 nitrogen and oxygen atoms in total. The zero-order valence-electron chi connectivity index (χ0n) is 43.7. The predicted octanol–water partition coefficient (Wildman–Crippen LogP) is 18.0. The molecule has 9 aromatic carbocycles. The molecule has 0 radical (unpaired) electrons. The van der Waals surface area contributed by atoms with Crippen molar-refractivity contribution in [2.45, 2.75) is 94.8 Å². The van der Waals surface area contributed by atoms with E-state index in [1.807, 2.05) is 0 Å². The number of benzene rings is 9. The van der Waals surface area contributed by atoms with E-state index >= 15 is 0 Å². The maximum Gasteiger partial charge on any atom is 0.333 e. The molecule has 8 aliphatic rings. The van der Waals surface area contributed by atoms with Crippen molar-refractivity contribution in [2.24, 2.45) is 29.6 Å². The van der Waals surface area contributed by atoms with Gasteiger partial charge in [0, 0.05) is 49.3 Å². The first-order valence-electron chi connectivity index (χ1n) is 29.4. The molecule has 0 N–H and O–H groups in total. The molecule has 2 atom stereocenters. The van der Waals surface area contributed by atoms with Crippen LogP contribution >= 0.6 is 0 Å². The number of aromatic nitrogens is 1. The highest BCUT2D eigenvalue weighted by atomic mass is 16.3. The van der Waals surface area contributed by atoms with Gasteiger partial charge in [-0.3, -0.25) is 0 Å². The third-order valence-electron chi connectivity index (χ3n) is 21.8. The quantitative estimate of drug-likeness (QED) is 0.161. The Kier molecular flexibility index (Phi) is 8.27. The van der Waals surface area contributed by atoms with Crippen LogP contribution < -0.4 is 15.7 Å². The molecule has 2 aliphatic heterocycles. The van der Waals surface area contributed by atoms with Gasteiger partial charge in [-0.2, -0.15) is 0 Å². The van der Waals surface area contributed by atoms with Crippen LogP contribution in [0.4, 0.5) is 11.4 Å². The van der Waals surface area contributed by atoms with Gasteiger partial charge in [-0.25, -0.2) is 0 Å². The summed E-state index contributed by atoms with van der Waals surface area (Å²) >= 11 is 0.